The van der Waals surface area contributed by atoms with Crippen LogP contribution in [-0.2, 0) is 14.3 Å². The molecule has 0 saturated heterocycles. The molecule has 1 rings (SSSR count). The number of hydrogen-bond acceptors (Lipinski definition) is 3. The summed E-state index contributed by atoms with van der Waals surface area (Å²) >= 11 is 0. The van der Waals surface area contributed by atoms with Crippen LogP contribution in [0.4, 0.5) is 4.39 Å². The maximum atomic E-state index is 13.3. The molecular formula is C14H16FNO3. The number of rotatable bonds is 5. The smallest absolute Gasteiger partial charge is 0.325 e. The van der Waals surface area contributed by atoms with E-state index in [1.54, 1.807) is 25.1 Å². The maximum Gasteiger partial charge on any atom is 0.325 e. The van der Waals surface area contributed by atoms with Crippen LogP contribution >= 0.6 is 0 Å². The fraction of sp³-hybridized carbons (Fsp3) is 0.286. The molecule has 1 aromatic carbocycles. The molecule has 102 valence electrons. The zero-order valence-electron chi connectivity index (χ0n) is 10.9. The first-order valence-electron chi connectivity index (χ1n) is 5.88. The molecule has 0 aliphatic carbocycles. The Morgan fingerprint density at radius 2 is 2.05 bits per heavy atom. The van der Waals surface area contributed by atoms with Crippen molar-refractivity contribution in [1.82, 2.24) is 4.90 Å². The third kappa shape index (κ3) is 4.91. The summed E-state index contributed by atoms with van der Waals surface area (Å²) in [6, 6.07) is 6.12. The SMILES string of the molecule is CCOC(=O)CN(C)C(=O)C=Cc1ccccc1F. The highest BCUT2D eigenvalue weighted by Crippen LogP contribution is 2.08. The highest BCUT2D eigenvalue weighted by atomic mass is 19.1. The van der Waals surface area contributed by atoms with Crippen molar-refractivity contribution >= 4 is 18.0 Å². The largest absolute Gasteiger partial charge is 0.465 e. The highest BCUT2D eigenvalue weighted by molar-refractivity contribution is 5.93. The van der Waals surface area contributed by atoms with Gasteiger partial charge in [-0.2, -0.15) is 0 Å². The summed E-state index contributed by atoms with van der Waals surface area (Å²) in [6.45, 7) is 1.83. The van der Waals surface area contributed by atoms with Gasteiger partial charge in [0.15, 0.2) is 0 Å². The molecular weight excluding hydrogens is 249 g/mol. The number of carbonyl (C=O) groups excluding carboxylic acids is 2. The number of esters is 1. The number of nitrogens with zero attached hydrogens (tertiary/aromatic N) is 1. The third-order valence-corrected chi connectivity index (χ3v) is 2.36. The van der Waals surface area contributed by atoms with E-state index in [2.05, 4.69) is 0 Å². The van der Waals surface area contributed by atoms with E-state index in [0.717, 1.165) is 0 Å². The van der Waals surface area contributed by atoms with E-state index in [1.807, 2.05) is 0 Å². The van der Waals surface area contributed by atoms with Gasteiger partial charge in [-0.3, -0.25) is 9.59 Å². The predicted molar refractivity (Wildman–Crippen MR) is 69.7 cm³/mol. The number of ether oxygens (including phenoxy) is 1. The van der Waals surface area contributed by atoms with Crippen LogP contribution < -0.4 is 0 Å². The van der Waals surface area contributed by atoms with E-state index in [9.17, 15) is 14.0 Å². The minimum Gasteiger partial charge on any atom is -0.465 e. The Balaban J connectivity index is 2.59. The van der Waals surface area contributed by atoms with Crippen LogP contribution in [0.15, 0.2) is 30.3 Å². The summed E-state index contributed by atoms with van der Waals surface area (Å²) in [7, 11) is 1.48. The van der Waals surface area contributed by atoms with Crippen LogP contribution in [0.1, 0.15) is 12.5 Å². The molecule has 0 spiro atoms. The average Bonchev–Trinajstić information content (AvgIpc) is 2.37. The van der Waals surface area contributed by atoms with Gasteiger partial charge in [-0.1, -0.05) is 18.2 Å². The molecule has 1 aromatic rings. The van der Waals surface area contributed by atoms with Crippen molar-refractivity contribution < 1.29 is 18.7 Å². The van der Waals surface area contributed by atoms with Gasteiger partial charge in [-0.15, -0.1) is 0 Å². The maximum absolute atomic E-state index is 13.3. The van der Waals surface area contributed by atoms with Crippen molar-refractivity contribution in [3.63, 3.8) is 0 Å². The second kappa shape index (κ2) is 7.31. The molecule has 0 aromatic heterocycles. The number of halogens is 1. The Morgan fingerprint density at radius 1 is 1.37 bits per heavy atom. The van der Waals surface area contributed by atoms with Crippen LogP contribution in [-0.4, -0.2) is 37.0 Å². The minimum absolute atomic E-state index is 0.131. The Labute approximate surface area is 111 Å². The van der Waals surface area contributed by atoms with Crippen molar-refractivity contribution in [3.8, 4) is 0 Å². The number of carbonyl (C=O) groups is 2. The van der Waals surface area contributed by atoms with Gasteiger partial charge in [0, 0.05) is 18.7 Å². The topological polar surface area (TPSA) is 46.6 Å². The highest BCUT2D eigenvalue weighted by Gasteiger charge is 2.10. The van der Waals surface area contributed by atoms with Gasteiger partial charge in [0.05, 0.1) is 6.61 Å². The first kappa shape index (κ1) is 14.9. The van der Waals surface area contributed by atoms with Crippen LogP contribution in [0, 0.1) is 5.82 Å². The normalized spacial score (nSPS) is 10.5. The molecule has 0 unspecified atom stereocenters. The van der Waals surface area contributed by atoms with E-state index in [0.29, 0.717) is 5.56 Å². The molecule has 0 aliphatic heterocycles. The average molecular weight is 265 g/mol. The standard InChI is InChI=1S/C14H16FNO3/c1-3-19-14(18)10-16(2)13(17)9-8-11-6-4-5-7-12(11)15/h4-9H,3,10H2,1-2H3. The molecule has 0 aliphatic rings. The zero-order chi connectivity index (χ0) is 14.3. The number of hydrogen-bond donors (Lipinski definition) is 0. The van der Waals surface area contributed by atoms with Gasteiger partial charge in [-0.05, 0) is 19.1 Å². The third-order valence-electron chi connectivity index (χ3n) is 2.36. The zero-order valence-corrected chi connectivity index (χ0v) is 10.9. The summed E-state index contributed by atoms with van der Waals surface area (Å²) in [5.74, 6) is -1.27. The quantitative estimate of drug-likeness (QED) is 0.603. The first-order chi connectivity index (χ1) is 9.04. The Bertz CT molecular complexity index is 485. The predicted octanol–water partition coefficient (Wildman–Crippen LogP) is 1.86. The molecule has 0 fully saturated rings. The second-order valence-corrected chi connectivity index (χ2v) is 3.85. The molecule has 5 heteroatoms. The molecule has 19 heavy (non-hydrogen) atoms. The molecule has 1 amide bonds. The van der Waals surface area contributed by atoms with Gasteiger partial charge in [0.25, 0.3) is 0 Å². The van der Waals surface area contributed by atoms with E-state index in [-0.39, 0.29) is 13.2 Å². The summed E-state index contributed by atoms with van der Waals surface area (Å²) in [5, 5.41) is 0. The summed E-state index contributed by atoms with van der Waals surface area (Å²) < 4.78 is 18.0. The minimum atomic E-state index is -0.474. The molecule has 0 bridgehead atoms. The van der Waals surface area contributed by atoms with Gasteiger partial charge >= 0.3 is 5.97 Å². The molecule has 0 N–H and O–H groups in total. The Hall–Kier alpha value is -2.17. The summed E-state index contributed by atoms with van der Waals surface area (Å²) in [5.41, 5.74) is 0.320. The molecule has 0 radical (unpaired) electrons. The Morgan fingerprint density at radius 3 is 2.68 bits per heavy atom. The number of likely N-dealkylation sites (N-methyl/N-ethyl adjacent to an activating group) is 1. The first-order valence-corrected chi connectivity index (χ1v) is 5.88. The van der Waals surface area contributed by atoms with Crippen LogP contribution in [0.3, 0.4) is 0 Å². The van der Waals surface area contributed by atoms with Crippen LogP contribution in [0.2, 0.25) is 0 Å². The molecule has 0 atom stereocenters. The van der Waals surface area contributed by atoms with Crippen molar-refractivity contribution in [2.75, 3.05) is 20.2 Å². The fourth-order valence-corrected chi connectivity index (χ4v) is 1.38. The van der Waals surface area contributed by atoms with Crippen LogP contribution in [0.5, 0.6) is 0 Å². The van der Waals surface area contributed by atoms with E-state index < -0.39 is 17.7 Å². The van der Waals surface area contributed by atoms with E-state index >= 15 is 0 Å². The van der Waals surface area contributed by atoms with E-state index in [4.69, 9.17) is 4.74 Å². The van der Waals surface area contributed by atoms with Gasteiger partial charge in [-0.25, -0.2) is 4.39 Å². The summed E-state index contributed by atoms with van der Waals surface area (Å²) in [6.07, 6.45) is 2.59. The number of benzene rings is 1. The van der Waals surface area contributed by atoms with Gasteiger partial charge in [0.1, 0.15) is 12.4 Å². The van der Waals surface area contributed by atoms with E-state index in [1.165, 1.54) is 30.2 Å². The van der Waals surface area contributed by atoms with Crippen molar-refractivity contribution in [2.24, 2.45) is 0 Å². The monoisotopic (exact) mass is 265 g/mol. The van der Waals surface area contributed by atoms with Crippen molar-refractivity contribution in [2.45, 2.75) is 6.92 Å². The number of amides is 1. The van der Waals surface area contributed by atoms with Crippen LogP contribution in [0.25, 0.3) is 6.08 Å². The van der Waals surface area contributed by atoms with Crippen molar-refractivity contribution in [1.29, 1.82) is 0 Å². The molecule has 0 heterocycles. The molecule has 4 nitrogen and oxygen atoms in total. The lowest BCUT2D eigenvalue weighted by Gasteiger charge is -2.13. The summed E-state index contributed by atoms with van der Waals surface area (Å²) in [4.78, 5) is 24.1. The lowest BCUT2D eigenvalue weighted by atomic mass is 10.2. The second-order valence-electron chi connectivity index (χ2n) is 3.85. The molecule has 0 saturated carbocycles. The van der Waals surface area contributed by atoms with Gasteiger partial charge < -0.3 is 9.64 Å². The lowest BCUT2D eigenvalue weighted by molar-refractivity contribution is -0.146. The van der Waals surface area contributed by atoms with Crippen molar-refractivity contribution in [3.05, 3.63) is 41.7 Å². The van der Waals surface area contributed by atoms with Gasteiger partial charge in [0.2, 0.25) is 5.91 Å². The fourth-order valence-electron chi connectivity index (χ4n) is 1.38. The Kier molecular flexibility index (Phi) is 5.73. The lowest BCUT2D eigenvalue weighted by Crippen LogP contribution is -2.31.